The summed E-state index contributed by atoms with van der Waals surface area (Å²) in [6.45, 7) is 4.52. The predicted octanol–water partition coefficient (Wildman–Crippen LogP) is 8.99. The van der Waals surface area contributed by atoms with Crippen LogP contribution in [0, 0.1) is 11.8 Å². The van der Waals surface area contributed by atoms with Crippen LogP contribution in [0.4, 0.5) is 0 Å². The number of aromatic nitrogens is 2. The van der Waals surface area contributed by atoms with Gasteiger partial charge in [-0.1, -0.05) is 95.9 Å². The summed E-state index contributed by atoms with van der Waals surface area (Å²) in [7, 11) is 0. The first-order valence-corrected chi connectivity index (χ1v) is 14.8. The summed E-state index contributed by atoms with van der Waals surface area (Å²) >= 11 is 0. The van der Waals surface area contributed by atoms with Gasteiger partial charge in [-0.3, -0.25) is 4.79 Å². The van der Waals surface area contributed by atoms with E-state index >= 15 is 0 Å². The summed E-state index contributed by atoms with van der Waals surface area (Å²) in [5.74, 6) is 1.01. The van der Waals surface area contributed by atoms with Crippen LogP contribution in [0.2, 0.25) is 0 Å². The van der Waals surface area contributed by atoms with E-state index < -0.39 is 5.97 Å². The van der Waals surface area contributed by atoms with Crippen molar-refractivity contribution in [2.75, 3.05) is 0 Å². The zero-order valence-electron chi connectivity index (χ0n) is 22.8. The van der Waals surface area contributed by atoms with Gasteiger partial charge >= 0.3 is 5.97 Å². The summed E-state index contributed by atoms with van der Waals surface area (Å²) in [6, 6.07) is 8.66. The summed E-state index contributed by atoms with van der Waals surface area (Å²) in [6.07, 6.45) is 22.9. The highest BCUT2D eigenvalue weighted by atomic mass is 16.4. The van der Waals surface area contributed by atoms with Crippen molar-refractivity contribution in [2.45, 2.75) is 122 Å². The number of hydrogen-bond acceptors (Lipinski definition) is 3. The van der Waals surface area contributed by atoms with Gasteiger partial charge in [0.05, 0.1) is 5.92 Å². The van der Waals surface area contributed by atoms with Crippen LogP contribution in [0.1, 0.15) is 127 Å². The molecule has 2 aromatic rings. The lowest BCUT2D eigenvalue weighted by molar-refractivity contribution is -0.143. The van der Waals surface area contributed by atoms with E-state index in [2.05, 4.69) is 38.1 Å². The zero-order chi connectivity index (χ0) is 25.6. The summed E-state index contributed by atoms with van der Waals surface area (Å²) < 4.78 is 0. The van der Waals surface area contributed by atoms with E-state index in [-0.39, 0.29) is 5.92 Å². The molecule has 4 heteroatoms. The molecule has 1 aliphatic rings. The Bertz CT molecular complexity index is 887. The first-order chi connectivity index (χ1) is 17.6. The minimum atomic E-state index is -0.626. The molecule has 1 aliphatic carbocycles. The van der Waals surface area contributed by atoms with Crippen molar-refractivity contribution in [3.63, 3.8) is 0 Å². The van der Waals surface area contributed by atoms with Crippen LogP contribution in [0.15, 0.2) is 36.7 Å². The van der Waals surface area contributed by atoms with E-state index in [1.54, 1.807) is 0 Å². The third-order valence-electron chi connectivity index (χ3n) is 8.18. The van der Waals surface area contributed by atoms with E-state index in [9.17, 15) is 9.90 Å². The summed E-state index contributed by atoms with van der Waals surface area (Å²) in [5, 5.41) is 9.44. The van der Waals surface area contributed by atoms with Crippen LogP contribution in [0.25, 0.3) is 11.4 Å². The molecule has 1 atom stereocenters. The van der Waals surface area contributed by atoms with Crippen molar-refractivity contribution in [3.8, 4) is 11.4 Å². The van der Waals surface area contributed by atoms with Gasteiger partial charge in [0.15, 0.2) is 5.82 Å². The summed E-state index contributed by atoms with van der Waals surface area (Å²) in [4.78, 5) is 21.1. The fraction of sp³-hybridized carbons (Fsp3) is 0.656. The molecule has 0 radical (unpaired) electrons. The second-order valence-electron chi connectivity index (χ2n) is 10.9. The SMILES string of the molecule is CCCCCCCCCCc1cnc(-c2ccccc2C(CCCC)C2CCC(C(=O)O)CC2)nc1. The third-order valence-corrected chi connectivity index (χ3v) is 8.18. The van der Waals surface area contributed by atoms with Gasteiger partial charge in [0.2, 0.25) is 0 Å². The Balaban J connectivity index is 1.62. The molecule has 0 amide bonds. The molecule has 4 nitrogen and oxygen atoms in total. The predicted molar refractivity (Wildman–Crippen MR) is 149 cm³/mol. The lowest BCUT2D eigenvalue weighted by Gasteiger charge is -2.34. The Labute approximate surface area is 219 Å². The minimum absolute atomic E-state index is 0.166. The molecule has 36 heavy (non-hydrogen) atoms. The lowest BCUT2D eigenvalue weighted by atomic mass is 9.71. The monoisotopic (exact) mass is 492 g/mol. The quantitative estimate of drug-likeness (QED) is 0.237. The van der Waals surface area contributed by atoms with Crippen molar-refractivity contribution in [2.24, 2.45) is 11.8 Å². The molecule has 1 saturated carbocycles. The molecule has 0 bridgehead atoms. The molecule has 3 rings (SSSR count). The van der Waals surface area contributed by atoms with Gasteiger partial charge in [-0.2, -0.15) is 0 Å². The molecule has 1 fully saturated rings. The maximum absolute atomic E-state index is 11.5. The Morgan fingerprint density at radius 1 is 0.861 bits per heavy atom. The average Bonchev–Trinajstić information content (AvgIpc) is 2.91. The van der Waals surface area contributed by atoms with Crippen molar-refractivity contribution in [1.82, 2.24) is 9.97 Å². The van der Waals surface area contributed by atoms with Gasteiger partial charge in [0.1, 0.15) is 0 Å². The Morgan fingerprint density at radius 3 is 2.11 bits per heavy atom. The maximum Gasteiger partial charge on any atom is 0.306 e. The zero-order valence-corrected chi connectivity index (χ0v) is 22.8. The van der Waals surface area contributed by atoms with E-state index in [0.29, 0.717) is 11.8 Å². The molecule has 198 valence electrons. The Hall–Kier alpha value is -2.23. The standard InChI is InChI=1S/C32H48N2O2/c1-3-5-7-8-9-10-11-12-15-25-23-33-31(34-24-25)30-18-14-13-17-29(30)28(16-6-4-2)26-19-21-27(22-20-26)32(35)36/h13-14,17-18,23-24,26-28H,3-12,15-16,19-22H2,1-2H3,(H,35,36). The molecule has 1 aromatic carbocycles. The number of hydrogen-bond donors (Lipinski definition) is 1. The van der Waals surface area contributed by atoms with Crippen LogP contribution in [-0.2, 0) is 11.2 Å². The van der Waals surface area contributed by atoms with Gasteiger partial charge in [0, 0.05) is 18.0 Å². The lowest BCUT2D eigenvalue weighted by Crippen LogP contribution is -2.25. The second kappa shape index (κ2) is 15.8. The van der Waals surface area contributed by atoms with Gasteiger partial charge in [-0.25, -0.2) is 9.97 Å². The van der Waals surface area contributed by atoms with E-state index in [4.69, 9.17) is 9.97 Å². The number of benzene rings is 1. The van der Waals surface area contributed by atoms with Crippen LogP contribution in [0.5, 0.6) is 0 Å². The van der Waals surface area contributed by atoms with Crippen LogP contribution in [0.3, 0.4) is 0 Å². The van der Waals surface area contributed by atoms with E-state index in [0.717, 1.165) is 49.9 Å². The molecule has 0 spiro atoms. The number of aryl methyl sites for hydroxylation is 1. The van der Waals surface area contributed by atoms with Crippen molar-refractivity contribution >= 4 is 5.97 Å². The first-order valence-electron chi connectivity index (χ1n) is 14.8. The molecule has 0 aliphatic heterocycles. The number of carboxylic acids is 1. The number of rotatable bonds is 16. The summed E-state index contributed by atoms with van der Waals surface area (Å²) in [5.41, 5.74) is 3.73. The van der Waals surface area contributed by atoms with Gasteiger partial charge in [-0.05, 0) is 67.9 Å². The third kappa shape index (κ3) is 8.71. The topological polar surface area (TPSA) is 63.1 Å². The number of nitrogens with zero attached hydrogens (tertiary/aromatic N) is 2. The van der Waals surface area contributed by atoms with Crippen molar-refractivity contribution < 1.29 is 9.90 Å². The number of aliphatic carboxylic acids is 1. The highest BCUT2D eigenvalue weighted by Crippen LogP contribution is 2.43. The number of carboxylic acid groups (broad SMARTS) is 1. The smallest absolute Gasteiger partial charge is 0.306 e. The fourth-order valence-electron chi connectivity index (χ4n) is 5.95. The maximum atomic E-state index is 11.5. The minimum Gasteiger partial charge on any atom is -0.481 e. The molecule has 1 aromatic heterocycles. The first kappa shape index (κ1) is 28.3. The molecule has 1 N–H and O–H groups in total. The Kier molecular flexibility index (Phi) is 12.4. The largest absolute Gasteiger partial charge is 0.481 e. The average molecular weight is 493 g/mol. The van der Waals surface area contributed by atoms with Crippen molar-refractivity contribution in [1.29, 1.82) is 0 Å². The Morgan fingerprint density at radius 2 is 1.47 bits per heavy atom. The molecule has 1 heterocycles. The van der Waals surface area contributed by atoms with Gasteiger partial charge in [0.25, 0.3) is 0 Å². The van der Waals surface area contributed by atoms with E-state index in [1.807, 2.05) is 12.4 Å². The van der Waals surface area contributed by atoms with Gasteiger partial charge in [-0.15, -0.1) is 0 Å². The molecular formula is C32H48N2O2. The van der Waals surface area contributed by atoms with Crippen LogP contribution < -0.4 is 0 Å². The fourth-order valence-corrected chi connectivity index (χ4v) is 5.95. The molecule has 0 saturated heterocycles. The van der Waals surface area contributed by atoms with Crippen LogP contribution >= 0.6 is 0 Å². The van der Waals surface area contributed by atoms with Crippen molar-refractivity contribution in [3.05, 3.63) is 47.8 Å². The van der Waals surface area contributed by atoms with Crippen LogP contribution in [-0.4, -0.2) is 21.0 Å². The molecule has 1 unspecified atom stereocenters. The van der Waals surface area contributed by atoms with Gasteiger partial charge < -0.3 is 5.11 Å². The van der Waals surface area contributed by atoms with E-state index in [1.165, 1.54) is 75.3 Å². The normalized spacial score (nSPS) is 18.7. The highest BCUT2D eigenvalue weighted by molar-refractivity contribution is 5.70. The number of carbonyl (C=O) groups is 1. The second-order valence-corrected chi connectivity index (χ2v) is 10.9. The number of unbranched alkanes of at least 4 members (excludes halogenated alkanes) is 8. The highest BCUT2D eigenvalue weighted by Gasteiger charge is 2.32. The molecular weight excluding hydrogens is 444 g/mol.